The highest BCUT2D eigenvalue weighted by Gasteiger charge is 2.60. The van der Waals surface area contributed by atoms with Crippen LogP contribution in [-0.4, -0.2) is 80.2 Å². The summed E-state index contributed by atoms with van der Waals surface area (Å²) in [7, 11) is -4.33. The lowest BCUT2D eigenvalue weighted by Crippen LogP contribution is -2.61. The molecule has 1 fully saturated rings. The molecule has 0 radical (unpaired) electrons. The van der Waals surface area contributed by atoms with Gasteiger partial charge in [-0.25, -0.2) is 18.4 Å². The third kappa shape index (κ3) is 6.83. The zero-order valence-electron chi connectivity index (χ0n) is 29.2. The summed E-state index contributed by atoms with van der Waals surface area (Å²) in [6, 6.07) is 17.6. The number of amides is 3. The number of aliphatic imine (C=N–C) groups is 1. The van der Waals surface area contributed by atoms with E-state index in [4.69, 9.17) is 43.8 Å². The topological polar surface area (TPSA) is 152 Å². The number of sulfonamides is 1. The van der Waals surface area contributed by atoms with Crippen molar-refractivity contribution in [1.82, 2.24) is 14.7 Å². The number of hydrogen-bond donors (Lipinski definition) is 2. The van der Waals surface area contributed by atoms with Crippen LogP contribution in [0.15, 0.2) is 70.6 Å². The van der Waals surface area contributed by atoms with Gasteiger partial charge in [0.25, 0.3) is 0 Å². The number of primary amides is 1. The molecule has 14 heteroatoms. The molecule has 1 saturated heterocycles. The summed E-state index contributed by atoms with van der Waals surface area (Å²) in [5.41, 5.74) is 4.72. The van der Waals surface area contributed by atoms with Crippen molar-refractivity contribution in [2.45, 2.75) is 62.9 Å². The predicted octanol–water partition coefficient (Wildman–Crippen LogP) is 5.45. The van der Waals surface area contributed by atoms with Gasteiger partial charge in [0, 0.05) is 36.2 Å². The molecule has 0 saturated carbocycles. The van der Waals surface area contributed by atoms with Gasteiger partial charge in [-0.2, -0.15) is 0 Å². The minimum absolute atomic E-state index is 0.0177. The van der Waals surface area contributed by atoms with Crippen molar-refractivity contribution in [2.24, 2.45) is 15.9 Å². The third-order valence-electron chi connectivity index (χ3n) is 9.70. The molecular formula is C36H44Cl2N6O5S. The molecule has 0 spiro atoms. The number of nitrogens with two attached hydrogens (primary N) is 2. The Bertz CT molecular complexity index is 1920. The molecule has 4 N–H and O–H groups in total. The van der Waals surface area contributed by atoms with Gasteiger partial charge in [-0.15, -0.1) is 0 Å². The van der Waals surface area contributed by atoms with Crippen molar-refractivity contribution in [3.05, 3.63) is 93.0 Å². The summed E-state index contributed by atoms with van der Waals surface area (Å²) in [5, 5.41) is 6.98. The maximum Gasteiger partial charge on any atom is 0.326 e. The standard InChI is InChI=1S/C36H44Cl2N6O5S/c1-7-49-30-27(16-17-28(34(2,3)4)31(30)50(40,47)48)32-41-35(5,23-8-12-25(37)13-9-23)36(6,24-10-14-26(38)15-11-24)44(32)33(46)43-20-18-42(19-21-43)22-29(39)45/h8-17H,7,18-22H2,1-6H3,(H2,39,45)(H2,40,47,48)/t35-,36+/m0/s1. The number of benzene rings is 3. The van der Waals surface area contributed by atoms with Crippen LogP contribution in [0, 0.1) is 0 Å². The lowest BCUT2D eigenvalue weighted by molar-refractivity contribution is -0.119. The number of urea groups is 1. The zero-order valence-corrected chi connectivity index (χ0v) is 31.5. The average molecular weight is 744 g/mol. The van der Waals surface area contributed by atoms with Crippen LogP contribution in [-0.2, 0) is 31.3 Å². The van der Waals surface area contributed by atoms with Crippen LogP contribution in [0.5, 0.6) is 5.75 Å². The van der Waals surface area contributed by atoms with E-state index in [1.807, 2.05) is 63.8 Å². The summed E-state index contributed by atoms with van der Waals surface area (Å²) >= 11 is 12.7. The molecule has 0 aromatic heterocycles. The second-order valence-electron chi connectivity index (χ2n) is 14.0. The van der Waals surface area contributed by atoms with Gasteiger partial charge in [0.05, 0.1) is 18.7 Å². The highest BCUT2D eigenvalue weighted by Crippen LogP contribution is 2.54. The predicted molar refractivity (Wildman–Crippen MR) is 196 cm³/mol. The minimum Gasteiger partial charge on any atom is -0.492 e. The number of ether oxygens (including phenoxy) is 1. The molecule has 2 atom stereocenters. The van der Waals surface area contributed by atoms with Gasteiger partial charge < -0.3 is 15.4 Å². The quantitative estimate of drug-likeness (QED) is 0.313. The second-order valence-corrected chi connectivity index (χ2v) is 16.4. The molecule has 0 aliphatic carbocycles. The molecule has 2 aliphatic rings. The first-order valence-corrected chi connectivity index (χ1v) is 18.7. The molecule has 3 amide bonds. The largest absolute Gasteiger partial charge is 0.492 e. The van der Waals surface area contributed by atoms with Gasteiger partial charge in [-0.05, 0) is 73.2 Å². The molecule has 11 nitrogen and oxygen atoms in total. The summed E-state index contributed by atoms with van der Waals surface area (Å²) in [5.74, 6) is -0.219. The molecule has 268 valence electrons. The molecule has 0 unspecified atom stereocenters. The first-order chi connectivity index (χ1) is 23.3. The van der Waals surface area contributed by atoms with Crippen molar-refractivity contribution in [2.75, 3.05) is 39.3 Å². The Morgan fingerprint density at radius 1 is 0.900 bits per heavy atom. The van der Waals surface area contributed by atoms with Crippen LogP contribution >= 0.6 is 23.2 Å². The molecule has 3 aromatic carbocycles. The lowest BCUT2D eigenvalue weighted by atomic mass is 9.71. The van der Waals surface area contributed by atoms with Gasteiger partial charge in [-0.1, -0.05) is 74.3 Å². The second kappa shape index (κ2) is 13.8. The lowest BCUT2D eigenvalue weighted by Gasteiger charge is -2.47. The molecule has 3 aromatic rings. The summed E-state index contributed by atoms with van der Waals surface area (Å²) in [4.78, 5) is 37.3. The molecule has 5 rings (SSSR count). The maximum atomic E-state index is 15.1. The van der Waals surface area contributed by atoms with E-state index in [1.54, 1.807) is 53.1 Å². The Morgan fingerprint density at radius 3 is 1.92 bits per heavy atom. The van der Waals surface area contributed by atoms with Crippen LogP contribution in [0.2, 0.25) is 10.0 Å². The average Bonchev–Trinajstić information content (AvgIpc) is 3.28. The number of piperazine rings is 1. The maximum absolute atomic E-state index is 15.1. The zero-order chi connectivity index (χ0) is 36.8. The Kier molecular flexibility index (Phi) is 10.4. The van der Waals surface area contributed by atoms with Crippen molar-refractivity contribution < 1.29 is 22.7 Å². The van der Waals surface area contributed by atoms with Crippen molar-refractivity contribution >= 4 is 51.0 Å². The molecular weight excluding hydrogens is 699 g/mol. The smallest absolute Gasteiger partial charge is 0.326 e. The molecule has 2 heterocycles. The molecule has 2 aliphatic heterocycles. The number of hydrogen-bond acceptors (Lipinski definition) is 7. The van der Waals surface area contributed by atoms with E-state index in [2.05, 4.69) is 0 Å². The summed E-state index contributed by atoms with van der Waals surface area (Å²) in [6.45, 7) is 13.0. The number of amidine groups is 1. The van der Waals surface area contributed by atoms with Gasteiger partial charge in [0.15, 0.2) is 5.75 Å². The minimum atomic E-state index is -4.33. The van der Waals surface area contributed by atoms with Crippen molar-refractivity contribution in [3.63, 3.8) is 0 Å². The van der Waals surface area contributed by atoms with Crippen molar-refractivity contribution in [1.29, 1.82) is 0 Å². The van der Waals surface area contributed by atoms with Gasteiger partial charge in [0.1, 0.15) is 21.8 Å². The summed E-state index contributed by atoms with van der Waals surface area (Å²) in [6.07, 6.45) is 0. The van der Waals surface area contributed by atoms with Gasteiger partial charge >= 0.3 is 6.03 Å². The normalized spacial score (nSPS) is 21.7. The first kappa shape index (κ1) is 37.6. The van der Waals surface area contributed by atoms with E-state index in [0.717, 1.165) is 11.1 Å². The number of halogens is 2. The first-order valence-electron chi connectivity index (χ1n) is 16.4. The Hall–Kier alpha value is -3.68. The van der Waals surface area contributed by atoms with E-state index in [9.17, 15) is 13.2 Å². The molecule has 0 bridgehead atoms. The fourth-order valence-electron chi connectivity index (χ4n) is 6.93. The van der Waals surface area contributed by atoms with E-state index in [-0.39, 0.29) is 35.7 Å². The highest BCUT2D eigenvalue weighted by molar-refractivity contribution is 7.89. The van der Waals surface area contributed by atoms with E-state index in [1.165, 1.54) is 0 Å². The van der Waals surface area contributed by atoms with Gasteiger partial charge in [0.2, 0.25) is 15.9 Å². The Labute approximate surface area is 304 Å². The van der Waals surface area contributed by atoms with Crippen LogP contribution in [0.25, 0.3) is 0 Å². The van der Waals surface area contributed by atoms with Crippen LogP contribution in [0.4, 0.5) is 4.79 Å². The highest BCUT2D eigenvalue weighted by atomic mass is 35.5. The fraction of sp³-hybridized carbons (Fsp3) is 0.417. The SMILES string of the molecule is CCOc1c(C2=N[C@@](C)(c3ccc(Cl)cc3)[C@@](C)(c3ccc(Cl)cc3)N2C(=O)N2CCN(CC(N)=O)CC2)ccc(C(C)(C)C)c1S(N)(=O)=O. The Balaban J connectivity index is 1.83. The fourth-order valence-corrected chi connectivity index (χ4v) is 8.29. The third-order valence-corrected chi connectivity index (χ3v) is 11.2. The van der Waals surface area contributed by atoms with Gasteiger partial charge in [-0.3, -0.25) is 19.6 Å². The van der Waals surface area contributed by atoms with E-state index in [0.29, 0.717) is 47.4 Å². The molecule has 50 heavy (non-hydrogen) atoms. The number of primary sulfonamides is 1. The van der Waals surface area contributed by atoms with Crippen LogP contribution in [0.3, 0.4) is 0 Å². The monoisotopic (exact) mass is 742 g/mol. The van der Waals surface area contributed by atoms with Crippen LogP contribution < -0.4 is 15.6 Å². The van der Waals surface area contributed by atoms with E-state index < -0.39 is 32.4 Å². The summed E-state index contributed by atoms with van der Waals surface area (Å²) < 4.78 is 33.0. The number of carbonyl (C=O) groups excluding carboxylic acids is 2. The number of carbonyl (C=O) groups is 2. The number of nitrogens with zero attached hydrogens (tertiary/aromatic N) is 4. The van der Waals surface area contributed by atoms with Crippen LogP contribution in [0.1, 0.15) is 63.8 Å². The number of rotatable bonds is 8. The van der Waals surface area contributed by atoms with Crippen molar-refractivity contribution in [3.8, 4) is 5.75 Å². The van der Waals surface area contributed by atoms with E-state index >= 15 is 4.79 Å². The Morgan fingerprint density at radius 2 is 1.44 bits per heavy atom.